The number of hydrogen-bond donors (Lipinski definition) is 1. The molecule has 1 amide bonds. The summed E-state index contributed by atoms with van der Waals surface area (Å²) in [5.41, 5.74) is 3.80. The molecular weight excluding hydrogens is 312 g/mol. The number of pyridine rings is 1. The minimum absolute atomic E-state index is 0.0561. The highest BCUT2D eigenvalue weighted by Crippen LogP contribution is 2.29. The molecule has 1 atom stereocenters. The number of aromatic amines is 1. The van der Waals surface area contributed by atoms with E-state index in [9.17, 15) is 4.79 Å². The molecule has 1 N–H and O–H groups in total. The molecule has 0 saturated carbocycles. The molecule has 25 heavy (non-hydrogen) atoms. The van der Waals surface area contributed by atoms with Crippen LogP contribution < -0.4 is 0 Å². The number of nitrogens with zero attached hydrogens (tertiary/aromatic N) is 3. The van der Waals surface area contributed by atoms with Gasteiger partial charge in [0.25, 0.3) is 5.91 Å². The van der Waals surface area contributed by atoms with Crippen LogP contribution in [-0.4, -0.2) is 39.1 Å². The summed E-state index contributed by atoms with van der Waals surface area (Å²) in [5.74, 6) is 0.347. The fourth-order valence-corrected chi connectivity index (χ4v) is 3.39. The first-order chi connectivity index (χ1) is 12.3. The van der Waals surface area contributed by atoms with Crippen molar-refractivity contribution in [2.45, 2.75) is 18.8 Å². The molecule has 1 aromatic carbocycles. The van der Waals surface area contributed by atoms with Crippen molar-refractivity contribution >= 4 is 5.91 Å². The van der Waals surface area contributed by atoms with Crippen LogP contribution in [0.25, 0.3) is 11.3 Å². The number of carbonyl (C=O) groups is 1. The van der Waals surface area contributed by atoms with Crippen LogP contribution in [0.4, 0.5) is 0 Å². The Morgan fingerprint density at radius 1 is 1.16 bits per heavy atom. The molecule has 5 heteroatoms. The largest absolute Gasteiger partial charge is 0.338 e. The number of hydrogen-bond acceptors (Lipinski definition) is 3. The monoisotopic (exact) mass is 332 g/mol. The molecule has 2 aromatic heterocycles. The number of benzene rings is 1. The molecule has 126 valence electrons. The van der Waals surface area contributed by atoms with E-state index < -0.39 is 0 Å². The van der Waals surface area contributed by atoms with Crippen molar-refractivity contribution in [2.24, 2.45) is 0 Å². The first kappa shape index (κ1) is 15.6. The fraction of sp³-hybridized carbons (Fsp3) is 0.250. The number of carbonyl (C=O) groups excluding carboxylic acids is 1. The lowest BCUT2D eigenvalue weighted by molar-refractivity contribution is 0.0705. The molecule has 4 rings (SSSR count). The predicted molar refractivity (Wildman–Crippen MR) is 96.1 cm³/mol. The standard InChI is InChI=1S/C20H20N4O/c25-20(16-8-4-10-21-13-16)24-11-5-9-17(14-24)19-12-18(22-23-19)15-6-2-1-3-7-15/h1-4,6-8,10,12-13,17H,5,9,11,14H2,(H,22,23)/t17-/m0/s1. The van der Waals surface area contributed by atoms with E-state index in [2.05, 4.69) is 33.4 Å². The lowest BCUT2D eigenvalue weighted by Gasteiger charge is -2.32. The van der Waals surface area contributed by atoms with E-state index >= 15 is 0 Å². The van der Waals surface area contributed by atoms with Crippen LogP contribution in [0, 0.1) is 0 Å². The van der Waals surface area contributed by atoms with Gasteiger partial charge in [-0.25, -0.2) is 0 Å². The maximum absolute atomic E-state index is 12.7. The Hall–Kier alpha value is -2.95. The number of likely N-dealkylation sites (tertiary alicyclic amines) is 1. The first-order valence-corrected chi connectivity index (χ1v) is 8.61. The van der Waals surface area contributed by atoms with Crippen molar-refractivity contribution in [1.82, 2.24) is 20.1 Å². The molecule has 1 fully saturated rings. The molecule has 1 aliphatic heterocycles. The molecule has 3 heterocycles. The molecule has 5 nitrogen and oxygen atoms in total. The van der Waals surface area contributed by atoms with Gasteiger partial charge in [-0.3, -0.25) is 14.9 Å². The fourth-order valence-electron chi connectivity index (χ4n) is 3.39. The average Bonchev–Trinajstić information content (AvgIpc) is 3.19. The van der Waals surface area contributed by atoms with E-state index in [-0.39, 0.29) is 5.91 Å². The third-order valence-electron chi connectivity index (χ3n) is 4.72. The summed E-state index contributed by atoms with van der Waals surface area (Å²) in [6.07, 6.45) is 5.38. The Morgan fingerprint density at radius 2 is 2.04 bits per heavy atom. The van der Waals surface area contributed by atoms with Crippen LogP contribution in [0.5, 0.6) is 0 Å². The Balaban J connectivity index is 1.50. The highest BCUT2D eigenvalue weighted by Gasteiger charge is 2.26. The molecular formula is C20H20N4O. The van der Waals surface area contributed by atoms with E-state index in [1.807, 2.05) is 29.2 Å². The quantitative estimate of drug-likeness (QED) is 0.798. The smallest absolute Gasteiger partial charge is 0.255 e. The van der Waals surface area contributed by atoms with Crippen molar-refractivity contribution in [2.75, 3.05) is 13.1 Å². The Bertz CT molecular complexity index is 844. The molecule has 0 aliphatic carbocycles. The number of nitrogens with one attached hydrogen (secondary N) is 1. The van der Waals surface area contributed by atoms with E-state index in [1.54, 1.807) is 18.5 Å². The summed E-state index contributed by atoms with van der Waals surface area (Å²) in [6, 6.07) is 15.9. The molecule has 0 spiro atoms. The maximum Gasteiger partial charge on any atom is 0.255 e. The van der Waals surface area contributed by atoms with Crippen LogP contribution in [0.15, 0.2) is 60.9 Å². The Kier molecular flexibility index (Phi) is 4.29. The lowest BCUT2D eigenvalue weighted by Crippen LogP contribution is -2.39. The number of aromatic nitrogens is 3. The van der Waals surface area contributed by atoms with Crippen molar-refractivity contribution in [1.29, 1.82) is 0 Å². The van der Waals surface area contributed by atoms with E-state index in [1.165, 1.54) is 0 Å². The van der Waals surface area contributed by atoms with Crippen molar-refractivity contribution in [3.05, 3.63) is 72.2 Å². The van der Waals surface area contributed by atoms with Gasteiger partial charge in [0.05, 0.1) is 11.3 Å². The third kappa shape index (κ3) is 3.31. The molecule has 0 unspecified atom stereocenters. The van der Waals surface area contributed by atoms with E-state index in [0.29, 0.717) is 18.0 Å². The van der Waals surface area contributed by atoms with Gasteiger partial charge in [0, 0.05) is 42.7 Å². The second-order valence-corrected chi connectivity index (χ2v) is 6.41. The second-order valence-electron chi connectivity index (χ2n) is 6.41. The minimum atomic E-state index is 0.0561. The van der Waals surface area contributed by atoms with Gasteiger partial charge in [0.1, 0.15) is 0 Å². The average molecular weight is 332 g/mol. The predicted octanol–water partition coefficient (Wildman–Crippen LogP) is 3.49. The third-order valence-corrected chi connectivity index (χ3v) is 4.72. The lowest BCUT2D eigenvalue weighted by atomic mass is 9.94. The van der Waals surface area contributed by atoms with Crippen LogP contribution in [0.3, 0.4) is 0 Å². The highest BCUT2D eigenvalue weighted by molar-refractivity contribution is 5.94. The van der Waals surface area contributed by atoms with E-state index in [4.69, 9.17) is 0 Å². The summed E-state index contributed by atoms with van der Waals surface area (Å²) < 4.78 is 0. The summed E-state index contributed by atoms with van der Waals surface area (Å²) in [6.45, 7) is 1.51. The molecule has 1 saturated heterocycles. The summed E-state index contributed by atoms with van der Waals surface area (Å²) >= 11 is 0. The van der Waals surface area contributed by atoms with Crippen LogP contribution in [-0.2, 0) is 0 Å². The van der Waals surface area contributed by atoms with Gasteiger partial charge in [-0.2, -0.15) is 5.10 Å². The minimum Gasteiger partial charge on any atom is -0.338 e. The van der Waals surface area contributed by atoms with Crippen LogP contribution in [0.1, 0.15) is 34.8 Å². The molecule has 1 aliphatic rings. The van der Waals surface area contributed by atoms with Gasteiger partial charge in [0.2, 0.25) is 0 Å². The Morgan fingerprint density at radius 3 is 2.84 bits per heavy atom. The zero-order valence-electron chi connectivity index (χ0n) is 13.9. The number of amides is 1. The number of piperidine rings is 1. The van der Waals surface area contributed by atoms with E-state index in [0.717, 1.165) is 36.3 Å². The SMILES string of the molecule is O=C(c1cccnc1)N1CCC[C@H](c2cc(-c3ccccc3)n[nH]2)C1. The van der Waals surface area contributed by atoms with Crippen molar-refractivity contribution < 1.29 is 4.79 Å². The summed E-state index contributed by atoms with van der Waals surface area (Å²) in [5, 5.41) is 7.62. The topological polar surface area (TPSA) is 61.9 Å². The van der Waals surface area contributed by atoms with Crippen molar-refractivity contribution in [3.63, 3.8) is 0 Å². The van der Waals surface area contributed by atoms with Crippen LogP contribution in [0.2, 0.25) is 0 Å². The summed E-state index contributed by atoms with van der Waals surface area (Å²) in [7, 11) is 0. The van der Waals surface area contributed by atoms with Gasteiger partial charge in [-0.05, 0) is 31.0 Å². The Labute approximate surface area is 146 Å². The number of rotatable bonds is 3. The highest BCUT2D eigenvalue weighted by atomic mass is 16.2. The normalized spacial score (nSPS) is 17.4. The molecule has 0 bridgehead atoms. The van der Waals surface area contributed by atoms with Gasteiger partial charge in [-0.15, -0.1) is 0 Å². The van der Waals surface area contributed by atoms with Crippen molar-refractivity contribution in [3.8, 4) is 11.3 Å². The molecule has 3 aromatic rings. The number of H-pyrrole nitrogens is 1. The maximum atomic E-state index is 12.7. The van der Waals surface area contributed by atoms with Gasteiger partial charge < -0.3 is 4.90 Å². The van der Waals surface area contributed by atoms with Gasteiger partial charge >= 0.3 is 0 Å². The second kappa shape index (κ2) is 6.89. The van der Waals surface area contributed by atoms with Gasteiger partial charge in [0.15, 0.2) is 0 Å². The van der Waals surface area contributed by atoms with Gasteiger partial charge in [-0.1, -0.05) is 30.3 Å². The zero-order chi connectivity index (χ0) is 17.1. The molecule has 0 radical (unpaired) electrons. The first-order valence-electron chi connectivity index (χ1n) is 8.61. The van der Waals surface area contributed by atoms with Crippen LogP contribution >= 0.6 is 0 Å². The summed E-state index contributed by atoms with van der Waals surface area (Å²) in [4.78, 5) is 18.6. The zero-order valence-corrected chi connectivity index (χ0v) is 13.9.